The van der Waals surface area contributed by atoms with Gasteiger partial charge in [-0.2, -0.15) is 0 Å². The molecule has 2 aromatic rings. The monoisotopic (exact) mass is 344 g/mol. The van der Waals surface area contributed by atoms with Gasteiger partial charge in [-0.3, -0.25) is 4.79 Å². The van der Waals surface area contributed by atoms with Crippen LogP contribution in [0.1, 0.15) is 18.5 Å². The van der Waals surface area contributed by atoms with Gasteiger partial charge in [-0.25, -0.2) is 22.0 Å². The van der Waals surface area contributed by atoms with Gasteiger partial charge in [-0.15, -0.1) is 0 Å². The zero-order valence-electron chi connectivity index (χ0n) is 12.5. The van der Waals surface area contributed by atoms with E-state index in [2.05, 4.69) is 10.6 Å². The molecule has 0 aliphatic carbocycles. The first kappa shape index (κ1) is 17.7. The fourth-order valence-corrected chi connectivity index (χ4v) is 2.06. The number of hydrogen-bond donors (Lipinski definition) is 2. The fraction of sp³-hybridized carbons (Fsp3) is 0.188. The number of carbonyl (C=O) groups excluding carboxylic acids is 1. The molecule has 0 heterocycles. The molecule has 24 heavy (non-hydrogen) atoms. The number of rotatable bonds is 5. The van der Waals surface area contributed by atoms with Gasteiger partial charge in [0.1, 0.15) is 11.6 Å². The molecule has 1 unspecified atom stereocenters. The minimum Gasteiger partial charge on any atom is -0.374 e. The quantitative estimate of drug-likeness (QED) is 0.642. The van der Waals surface area contributed by atoms with Crippen molar-refractivity contribution in [3.05, 3.63) is 65.0 Å². The highest BCUT2D eigenvalue weighted by molar-refractivity contribution is 5.81. The Morgan fingerprint density at radius 3 is 2.38 bits per heavy atom. The largest absolute Gasteiger partial charge is 0.374 e. The van der Waals surface area contributed by atoms with Crippen LogP contribution in [0.5, 0.6) is 0 Å². The van der Waals surface area contributed by atoms with Crippen molar-refractivity contribution >= 4 is 11.6 Å². The second kappa shape index (κ2) is 7.29. The van der Waals surface area contributed by atoms with Gasteiger partial charge in [0, 0.05) is 11.6 Å². The van der Waals surface area contributed by atoms with Gasteiger partial charge in [0.05, 0.1) is 18.3 Å². The molecule has 0 aliphatic heterocycles. The number of carbonyl (C=O) groups is 1. The molecule has 0 aromatic heterocycles. The Kier molecular flexibility index (Phi) is 5.38. The summed E-state index contributed by atoms with van der Waals surface area (Å²) in [5, 5.41) is 4.73. The summed E-state index contributed by atoms with van der Waals surface area (Å²) < 4.78 is 65.8. The summed E-state index contributed by atoms with van der Waals surface area (Å²) in [6.45, 7) is 1.03. The Labute approximate surface area is 134 Å². The Morgan fingerprint density at radius 1 is 1.00 bits per heavy atom. The molecular weight excluding hydrogens is 331 g/mol. The average molecular weight is 344 g/mol. The number of nitrogens with one attached hydrogen (secondary N) is 2. The number of benzene rings is 2. The smallest absolute Gasteiger partial charge is 0.239 e. The molecule has 0 aliphatic rings. The van der Waals surface area contributed by atoms with Crippen molar-refractivity contribution in [2.45, 2.75) is 13.0 Å². The van der Waals surface area contributed by atoms with Crippen LogP contribution in [0.3, 0.4) is 0 Å². The van der Waals surface area contributed by atoms with Crippen LogP contribution in [-0.2, 0) is 4.79 Å². The lowest BCUT2D eigenvalue weighted by atomic mass is 10.1. The van der Waals surface area contributed by atoms with Crippen LogP contribution in [0, 0.1) is 29.1 Å². The topological polar surface area (TPSA) is 41.1 Å². The van der Waals surface area contributed by atoms with E-state index in [0.29, 0.717) is 6.07 Å². The standard InChI is InChI=1S/C16H13F5N2O/c1-8(10-3-2-9(17)6-12(10)19)23-14(24)7-22-13-5-4-11(18)15(20)16(13)21/h2-6,8,22H,7H2,1H3,(H,23,24). The van der Waals surface area contributed by atoms with Crippen LogP contribution < -0.4 is 10.6 Å². The van der Waals surface area contributed by atoms with Crippen molar-refractivity contribution in [1.82, 2.24) is 5.32 Å². The maximum absolute atomic E-state index is 13.6. The van der Waals surface area contributed by atoms with E-state index in [1.807, 2.05) is 0 Å². The van der Waals surface area contributed by atoms with E-state index in [4.69, 9.17) is 0 Å². The Morgan fingerprint density at radius 2 is 1.71 bits per heavy atom. The third kappa shape index (κ3) is 4.01. The summed E-state index contributed by atoms with van der Waals surface area (Å²) in [7, 11) is 0. The first-order chi connectivity index (χ1) is 11.3. The van der Waals surface area contributed by atoms with Gasteiger partial charge in [0.2, 0.25) is 5.91 Å². The van der Waals surface area contributed by atoms with Gasteiger partial charge in [-0.05, 0) is 25.1 Å². The molecule has 2 N–H and O–H groups in total. The summed E-state index contributed by atoms with van der Waals surface area (Å²) >= 11 is 0. The van der Waals surface area contributed by atoms with E-state index in [0.717, 1.165) is 18.2 Å². The van der Waals surface area contributed by atoms with Crippen molar-refractivity contribution in [3.63, 3.8) is 0 Å². The zero-order valence-corrected chi connectivity index (χ0v) is 12.5. The van der Waals surface area contributed by atoms with Gasteiger partial charge >= 0.3 is 0 Å². The van der Waals surface area contributed by atoms with E-state index in [1.165, 1.54) is 13.0 Å². The third-order valence-corrected chi connectivity index (χ3v) is 3.28. The number of anilines is 1. The molecule has 8 heteroatoms. The minimum absolute atomic E-state index is 0.0729. The first-order valence-electron chi connectivity index (χ1n) is 6.91. The summed E-state index contributed by atoms with van der Waals surface area (Å²) in [5.74, 6) is -6.64. The van der Waals surface area contributed by atoms with E-state index in [9.17, 15) is 26.7 Å². The molecule has 128 valence electrons. The van der Waals surface area contributed by atoms with Crippen LogP contribution in [-0.4, -0.2) is 12.5 Å². The lowest BCUT2D eigenvalue weighted by Crippen LogP contribution is -2.32. The molecule has 0 radical (unpaired) electrons. The SMILES string of the molecule is CC(NC(=O)CNc1ccc(F)c(F)c1F)c1ccc(F)cc1F. The Balaban J connectivity index is 1.97. The molecule has 0 bridgehead atoms. The maximum Gasteiger partial charge on any atom is 0.239 e. The summed E-state index contributed by atoms with van der Waals surface area (Å²) in [4.78, 5) is 11.8. The predicted octanol–water partition coefficient (Wildman–Crippen LogP) is 3.67. The van der Waals surface area contributed by atoms with Crippen molar-refractivity contribution < 1.29 is 26.7 Å². The molecular formula is C16H13F5N2O. The van der Waals surface area contributed by atoms with Crippen LogP contribution in [0.2, 0.25) is 0 Å². The highest BCUT2D eigenvalue weighted by Gasteiger charge is 2.16. The average Bonchev–Trinajstić information content (AvgIpc) is 2.51. The second-order valence-electron chi connectivity index (χ2n) is 5.03. The van der Waals surface area contributed by atoms with Gasteiger partial charge in [-0.1, -0.05) is 6.07 Å². The van der Waals surface area contributed by atoms with Gasteiger partial charge in [0.25, 0.3) is 0 Å². The van der Waals surface area contributed by atoms with Crippen LogP contribution in [0.25, 0.3) is 0 Å². The molecule has 2 aromatic carbocycles. The van der Waals surface area contributed by atoms with Crippen molar-refractivity contribution in [2.24, 2.45) is 0 Å². The zero-order chi connectivity index (χ0) is 17.9. The van der Waals surface area contributed by atoms with E-state index < -0.39 is 47.6 Å². The molecule has 2 rings (SSSR count). The van der Waals surface area contributed by atoms with E-state index in [1.54, 1.807) is 0 Å². The second-order valence-corrected chi connectivity index (χ2v) is 5.03. The van der Waals surface area contributed by atoms with E-state index in [-0.39, 0.29) is 11.3 Å². The summed E-state index contributed by atoms with van der Waals surface area (Å²) in [6, 6.07) is 3.83. The Hall–Kier alpha value is -2.64. The van der Waals surface area contributed by atoms with Gasteiger partial charge in [0.15, 0.2) is 17.5 Å². The maximum atomic E-state index is 13.6. The van der Waals surface area contributed by atoms with E-state index >= 15 is 0 Å². The lowest BCUT2D eigenvalue weighted by Gasteiger charge is -2.16. The summed E-state index contributed by atoms with van der Waals surface area (Å²) in [6.07, 6.45) is 0. The van der Waals surface area contributed by atoms with Crippen LogP contribution in [0.4, 0.5) is 27.6 Å². The Bertz CT molecular complexity index is 766. The van der Waals surface area contributed by atoms with Gasteiger partial charge < -0.3 is 10.6 Å². The highest BCUT2D eigenvalue weighted by Crippen LogP contribution is 2.20. The molecule has 0 saturated heterocycles. The minimum atomic E-state index is -1.65. The van der Waals surface area contributed by atoms with Crippen molar-refractivity contribution in [2.75, 3.05) is 11.9 Å². The molecule has 1 amide bonds. The first-order valence-corrected chi connectivity index (χ1v) is 6.91. The van der Waals surface area contributed by atoms with Crippen molar-refractivity contribution in [1.29, 1.82) is 0 Å². The predicted molar refractivity (Wildman–Crippen MR) is 77.7 cm³/mol. The van der Waals surface area contributed by atoms with Crippen LogP contribution in [0.15, 0.2) is 30.3 Å². The number of halogens is 5. The van der Waals surface area contributed by atoms with Crippen LogP contribution >= 0.6 is 0 Å². The normalized spacial score (nSPS) is 11.9. The molecule has 0 spiro atoms. The number of hydrogen-bond acceptors (Lipinski definition) is 2. The third-order valence-electron chi connectivity index (χ3n) is 3.28. The molecule has 0 saturated carbocycles. The molecule has 3 nitrogen and oxygen atoms in total. The summed E-state index contributed by atoms with van der Waals surface area (Å²) in [5.41, 5.74) is -0.312. The highest BCUT2D eigenvalue weighted by atomic mass is 19.2. The number of amides is 1. The van der Waals surface area contributed by atoms with Crippen molar-refractivity contribution in [3.8, 4) is 0 Å². The molecule has 1 atom stereocenters. The molecule has 0 fully saturated rings. The lowest BCUT2D eigenvalue weighted by molar-refractivity contribution is -0.120. The fourth-order valence-electron chi connectivity index (χ4n) is 2.06.